The van der Waals surface area contributed by atoms with Crippen LogP contribution in [0.2, 0.25) is 5.15 Å². The van der Waals surface area contributed by atoms with E-state index in [2.05, 4.69) is 32.0 Å². The molecule has 0 unspecified atom stereocenters. The fraction of sp³-hybridized carbons (Fsp3) is 0.455. The molecule has 1 aromatic carbocycles. The van der Waals surface area contributed by atoms with Crippen LogP contribution in [0.1, 0.15) is 46.1 Å². The highest BCUT2D eigenvalue weighted by Crippen LogP contribution is 2.37. The lowest BCUT2D eigenvalue weighted by Crippen LogP contribution is -2.48. The number of pyridine rings is 1. The van der Waals surface area contributed by atoms with Crippen molar-refractivity contribution >= 4 is 55.6 Å². The zero-order chi connectivity index (χ0) is 23.2. The smallest absolute Gasteiger partial charge is 0.410 e. The minimum absolute atomic E-state index is 0.0505. The van der Waals surface area contributed by atoms with Crippen molar-refractivity contribution in [1.82, 2.24) is 19.4 Å². The number of aromatic nitrogens is 3. The highest BCUT2D eigenvalue weighted by atomic mass is 79.9. The largest absolute Gasteiger partial charge is 0.444 e. The molecule has 3 heterocycles. The lowest BCUT2D eigenvalue weighted by molar-refractivity contribution is 0.00618. The van der Waals surface area contributed by atoms with Crippen LogP contribution in [-0.4, -0.2) is 43.7 Å². The summed E-state index contributed by atoms with van der Waals surface area (Å²) >= 11 is 9.53. The summed E-state index contributed by atoms with van der Waals surface area (Å²) < 4.78 is 22.5. The lowest BCUT2D eigenvalue weighted by atomic mass is 9.95. The summed E-state index contributed by atoms with van der Waals surface area (Å²) in [6.45, 7) is 5.88. The van der Waals surface area contributed by atoms with E-state index in [0.29, 0.717) is 40.3 Å². The number of rotatable bonds is 2. The van der Waals surface area contributed by atoms with Gasteiger partial charge in [0.25, 0.3) is 0 Å². The summed E-state index contributed by atoms with van der Waals surface area (Å²) in [5.41, 5.74) is 0.732. The average Bonchev–Trinajstić information content (AvgIpc) is 3.16. The summed E-state index contributed by atoms with van der Waals surface area (Å²) in [6.07, 6.45) is 2.62. The Morgan fingerprint density at radius 2 is 2.16 bits per heavy atom. The Bertz CT molecular complexity index is 1250. The number of carbonyl (C=O) groups excluding carboxylic acids is 1. The maximum atomic E-state index is 14.7. The van der Waals surface area contributed by atoms with Crippen LogP contribution >= 0.6 is 27.5 Å². The number of fused-ring (bicyclic) bond motifs is 3. The summed E-state index contributed by atoms with van der Waals surface area (Å²) in [6, 6.07) is 5.24. The van der Waals surface area contributed by atoms with Gasteiger partial charge in [-0.25, -0.2) is 19.2 Å². The molecule has 1 aliphatic rings. The Kier molecular flexibility index (Phi) is 6.03. The number of amides is 1. The second kappa shape index (κ2) is 8.49. The van der Waals surface area contributed by atoms with Crippen LogP contribution in [0.4, 0.5) is 9.18 Å². The van der Waals surface area contributed by atoms with Crippen LogP contribution in [0, 0.1) is 17.1 Å². The maximum Gasteiger partial charge on any atom is 0.410 e. The third kappa shape index (κ3) is 4.14. The van der Waals surface area contributed by atoms with E-state index in [-0.39, 0.29) is 29.2 Å². The maximum absolute atomic E-state index is 14.7. The monoisotopic (exact) mass is 521 g/mol. The van der Waals surface area contributed by atoms with Crippen LogP contribution in [0.3, 0.4) is 0 Å². The van der Waals surface area contributed by atoms with Gasteiger partial charge >= 0.3 is 6.09 Å². The molecule has 4 rings (SSSR count). The van der Waals surface area contributed by atoms with Gasteiger partial charge in [-0.2, -0.15) is 5.26 Å². The molecule has 1 saturated heterocycles. The predicted molar refractivity (Wildman–Crippen MR) is 123 cm³/mol. The van der Waals surface area contributed by atoms with Gasteiger partial charge < -0.3 is 14.2 Å². The van der Waals surface area contributed by atoms with Crippen molar-refractivity contribution in [3.8, 4) is 6.07 Å². The van der Waals surface area contributed by atoms with Crippen LogP contribution in [0.15, 0.2) is 22.9 Å². The zero-order valence-corrected chi connectivity index (χ0v) is 20.2. The molecule has 0 spiro atoms. The van der Waals surface area contributed by atoms with Crippen LogP contribution < -0.4 is 0 Å². The van der Waals surface area contributed by atoms with Gasteiger partial charge in [-0.05, 0) is 61.7 Å². The molecule has 32 heavy (non-hydrogen) atoms. The number of nitrogens with zero attached hydrogens (tertiary/aromatic N) is 5. The number of likely N-dealkylation sites (tertiary alicyclic amines) is 1. The summed E-state index contributed by atoms with van der Waals surface area (Å²) in [7, 11) is 0. The molecule has 2 aromatic heterocycles. The second-order valence-electron chi connectivity index (χ2n) is 8.88. The van der Waals surface area contributed by atoms with E-state index in [9.17, 15) is 14.4 Å². The van der Waals surface area contributed by atoms with Crippen molar-refractivity contribution in [1.29, 1.82) is 5.26 Å². The van der Waals surface area contributed by atoms with Gasteiger partial charge in [0.15, 0.2) is 11.0 Å². The molecule has 0 N–H and O–H groups in total. The number of benzene rings is 1. The Morgan fingerprint density at radius 3 is 2.84 bits per heavy atom. The summed E-state index contributed by atoms with van der Waals surface area (Å²) in [4.78, 5) is 23.0. The molecular weight excluding hydrogens is 501 g/mol. The molecule has 0 aliphatic carbocycles. The Morgan fingerprint density at radius 1 is 1.41 bits per heavy atom. The number of hydrogen-bond acceptors (Lipinski definition) is 5. The van der Waals surface area contributed by atoms with E-state index < -0.39 is 17.5 Å². The molecule has 0 saturated carbocycles. The van der Waals surface area contributed by atoms with E-state index in [1.54, 1.807) is 23.4 Å². The van der Waals surface area contributed by atoms with Gasteiger partial charge in [0.2, 0.25) is 0 Å². The van der Waals surface area contributed by atoms with Crippen molar-refractivity contribution < 1.29 is 13.9 Å². The Balaban J connectivity index is 1.73. The highest BCUT2D eigenvalue weighted by Gasteiger charge is 2.35. The molecule has 168 valence electrons. The SMILES string of the molecule is CC(C)(C)OC(=O)N1CC[C@H](n2cnc3c(Cl)nc4c(F)c(Br)ccc4c32)C[C@H]1CC#N. The molecule has 0 bridgehead atoms. The van der Waals surface area contributed by atoms with Gasteiger partial charge in [-0.15, -0.1) is 0 Å². The van der Waals surface area contributed by atoms with Gasteiger partial charge in [0.05, 0.1) is 28.8 Å². The lowest BCUT2D eigenvalue weighted by Gasteiger charge is -2.39. The molecule has 7 nitrogen and oxygen atoms in total. The summed E-state index contributed by atoms with van der Waals surface area (Å²) in [5, 5.41) is 10.1. The minimum Gasteiger partial charge on any atom is -0.444 e. The van der Waals surface area contributed by atoms with E-state index in [4.69, 9.17) is 16.3 Å². The minimum atomic E-state index is -0.618. The van der Waals surface area contributed by atoms with Crippen molar-refractivity contribution in [2.45, 2.75) is 57.7 Å². The van der Waals surface area contributed by atoms with E-state index in [1.807, 2.05) is 25.3 Å². The predicted octanol–water partition coefficient (Wildman–Crippen LogP) is 5.99. The Hall–Kier alpha value is -2.44. The first-order chi connectivity index (χ1) is 15.1. The normalized spacial score (nSPS) is 19.3. The zero-order valence-electron chi connectivity index (χ0n) is 17.9. The molecular formula is C22H22BrClFN5O2. The van der Waals surface area contributed by atoms with Crippen molar-refractivity contribution in [2.75, 3.05) is 6.54 Å². The fourth-order valence-corrected chi connectivity index (χ4v) is 4.73. The number of nitriles is 1. The number of hydrogen-bond donors (Lipinski definition) is 0. The topological polar surface area (TPSA) is 84.0 Å². The van der Waals surface area contributed by atoms with Gasteiger partial charge in [-0.1, -0.05) is 11.6 Å². The van der Waals surface area contributed by atoms with E-state index in [1.165, 1.54) is 0 Å². The van der Waals surface area contributed by atoms with E-state index in [0.717, 1.165) is 0 Å². The molecule has 1 aliphatic heterocycles. The molecule has 3 aromatic rings. The van der Waals surface area contributed by atoms with Crippen molar-refractivity contribution in [2.24, 2.45) is 0 Å². The number of carbonyl (C=O) groups is 1. The number of imidazole rings is 1. The molecule has 1 amide bonds. The van der Waals surface area contributed by atoms with Gasteiger partial charge in [0.1, 0.15) is 16.6 Å². The van der Waals surface area contributed by atoms with Crippen LogP contribution in [0.25, 0.3) is 21.9 Å². The van der Waals surface area contributed by atoms with Crippen LogP contribution in [-0.2, 0) is 4.74 Å². The number of ether oxygens (including phenoxy) is 1. The molecule has 0 radical (unpaired) electrons. The quantitative estimate of drug-likeness (QED) is 0.386. The Labute approximate surface area is 198 Å². The van der Waals surface area contributed by atoms with Gasteiger partial charge in [0, 0.05) is 24.0 Å². The molecule has 1 fully saturated rings. The first-order valence-corrected chi connectivity index (χ1v) is 11.4. The number of halogens is 3. The van der Waals surface area contributed by atoms with E-state index >= 15 is 0 Å². The second-order valence-corrected chi connectivity index (χ2v) is 10.1. The van der Waals surface area contributed by atoms with Gasteiger partial charge in [-0.3, -0.25) is 0 Å². The molecule has 2 atom stereocenters. The van der Waals surface area contributed by atoms with Crippen molar-refractivity contribution in [3.05, 3.63) is 33.9 Å². The number of piperidine rings is 1. The molecule has 10 heteroatoms. The third-order valence-corrected chi connectivity index (χ3v) is 6.44. The first kappa shape index (κ1) is 22.7. The third-order valence-electron chi connectivity index (χ3n) is 5.56. The standard InChI is InChI=1S/C22H22BrClFN5O2/c1-22(2,3)32-21(31)29-9-7-13(10-12(29)6-8-26)30-11-27-18-19(30)14-4-5-15(23)16(25)17(14)28-20(18)24/h4-5,11-13H,6-7,9-10H2,1-3H3/t12-,13+/m1/s1. The fourth-order valence-electron chi connectivity index (χ4n) is 4.19. The average molecular weight is 523 g/mol. The summed E-state index contributed by atoms with van der Waals surface area (Å²) in [5.74, 6) is -0.485. The van der Waals surface area contributed by atoms with Crippen molar-refractivity contribution in [3.63, 3.8) is 0 Å². The highest BCUT2D eigenvalue weighted by molar-refractivity contribution is 9.10. The van der Waals surface area contributed by atoms with Crippen LogP contribution in [0.5, 0.6) is 0 Å². The first-order valence-electron chi connectivity index (χ1n) is 10.3.